The number of nitrogens with zero attached hydrogens (tertiary/aromatic N) is 1. The second kappa shape index (κ2) is 7.72. The maximum atomic E-state index is 9.27. The van der Waals surface area contributed by atoms with Crippen molar-refractivity contribution in [2.75, 3.05) is 6.61 Å². The third-order valence-corrected chi connectivity index (χ3v) is 3.77. The van der Waals surface area contributed by atoms with E-state index in [2.05, 4.69) is 22.6 Å². The maximum absolute atomic E-state index is 9.27. The van der Waals surface area contributed by atoms with Crippen molar-refractivity contribution in [3.05, 3.63) is 78.1 Å². The monoisotopic (exact) mass is 308 g/mol. The summed E-state index contributed by atoms with van der Waals surface area (Å²) < 4.78 is 5.41. The van der Waals surface area contributed by atoms with Crippen molar-refractivity contribution in [2.24, 2.45) is 0 Å². The van der Waals surface area contributed by atoms with E-state index in [0.29, 0.717) is 13.0 Å². The Balaban J connectivity index is 1.66. The number of benzene rings is 2. The molecular formula is C19H20N2O2. The van der Waals surface area contributed by atoms with Crippen molar-refractivity contribution in [1.82, 2.24) is 10.5 Å². The van der Waals surface area contributed by atoms with Gasteiger partial charge in [0.2, 0.25) is 0 Å². The van der Waals surface area contributed by atoms with Gasteiger partial charge in [-0.05, 0) is 12.0 Å². The molecule has 0 aliphatic rings. The van der Waals surface area contributed by atoms with E-state index in [9.17, 15) is 5.11 Å². The van der Waals surface area contributed by atoms with Gasteiger partial charge in [0.05, 0.1) is 6.54 Å². The van der Waals surface area contributed by atoms with Crippen LogP contribution in [0.25, 0.3) is 11.3 Å². The number of nitrogens with one attached hydrogen (secondary N) is 1. The van der Waals surface area contributed by atoms with Gasteiger partial charge in [-0.1, -0.05) is 65.8 Å². The fourth-order valence-corrected chi connectivity index (χ4v) is 2.57. The first-order valence-electron chi connectivity index (χ1n) is 7.77. The Morgan fingerprint density at radius 1 is 1.00 bits per heavy atom. The minimum absolute atomic E-state index is 0.0893. The van der Waals surface area contributed by atoms with Crippen LogP contribution in [0.3, 0.4) is 0 Å². The second-order valence-electron chi connectivity index (χ2n) is 5.40. The predicted octanol–water partition coefficient (Wildman–Crippen LogP) is 3.55. The molecule has 0 saturated heterocycles. The summed E-state index contributed by atoms with van der Waals surface area (Å²) in [6.07, 6.45) is 0.656. The van der Waals surface area contributed by atoms with E-state index in [1.54, 1.807) is 0 Å². The fourth-order valence-electron chi connectivity index (χ4n) is 2.57. The minimum atomic E-state index is 0.0893. The normalized spacial score (nSPS) is 12.2. The van der Waals surface area contributed by atoms with Gasteiger partial charge in [-0.3, -0.25) is 0 Å². The quantitative estimate of drug-likeness (QED) is 0.701. The number of rotatable bonds is 7. The highest BCUT2D eigenvalue weighted by atomic mass is 16.5. The molecule has 1 unspecified atom stereocenters. The third-order valence-electron chi connectivity index (χ3n) is 3.77. The van der Waals surface area contributed by atoms with E-state index in [4.69, 9.17) is 4.52 Å². The smallest absolute Gasteiger partial charge is 0.151 e. The molecule has 0 radical (unpaired) electrons. The predicted molar refractivity (Wildman–Crippen MR) is 89.7 cm³/mol. The number of hydrogen-bond acceptors (Lipinski definition) is 4. The van der Waals surface area contributed by atoms with Crippen LogP contribution in [0.1, 0.15) is 23.8 Å². The van der Waals surface area contributed by atoms with E-state index in [0.717, 1.165) is 22.6 Å². The zero-order chi connectivity index (χ0) is 15.9. The molecule has 1 aromatic heterocycles. The topological polar surface area (TPSA) is 58.3 Å². The molecule has 3 rings (SSSR count). The highest BCUT2D eigenvalue weighted by Gasteiger charge is 2.12. The molecule has 4 heteroatoms. The summed E-state index contributed by atoms with van der Waals surface area (Å²) in [5.41, 5.74) is 3.03. The fraction of sp³-hybridized carbons (Fsp3) is 0.211. The van der Waals surface area contributed by atoms with Gasteiger partial charge in [-0.15, -0.1) is 0 Å². The molecule has 4 nitrogen and oxygen atoms in total. The lowest BCUT2D eigenvalue weighted by Crippen LogP contribution is -2.21. The van der Waals surface area contributed by atoms with Crippen LogP contribution < -0.4 is 5.32 Å². The van der Waals surface area contributed by atoms with Gasteiger partial charge >= 0.3 is 0 Å². The van der Waals surface area contributed by atoms with Crippen molar-refractivity contribution in [3.8, 4) is 11.3 Å². The molecule has 23 heavy (non-hydrogen) atoms. The Hall–Kier alpha value is -2.43. The first-order valence-corrected chi connectivity index (χ1v) is 7.77. The number of aliphatic hydroxyl groups is 1. The molecule has 3 aromatic rings. The molecule has 0 aliphatic carbocycles. The lowest BCUT2D eigenvalue weighted by Gasteiger charge is -2.17. The zero-order valence-corrected chi connectivity index (χ0v) is 12.9. The highest BCUT2D eigenvalue weighted by molar-refractivity contribution is 5.58. The Labute approximate surface area is 135 Å². The van der Waals surface area contributed by atoms with Crippen LogP contribution in [-0.2, 0) is 6.54 Å². The van der Waals surface area contributed by atoms with Crippen molar-refractivity contribution in [2.45, 2.75) is 19.0 Å². The average molecular weight is 308 g/mol. The molecule has 118 valence electrons. The van der Waals surface area contributed by atoms with Crippen molar-refractivity contribution in [3.63, 3.8) is 0 Å². The Morgan fingerprint density at radius 2 is 1.70 bits per heavy atom. The van der Waals surface area contributed by atoms with Crippen LogP contribution in [-0.4, -0.2) is 16.9 Å². The molecule has 0 spiro atoms. The highest BCUT2D eigenvalue weighted by Crippen LogP contribution is 2.20. The molecule has 2 aromatic carbocycles. The van der Waals surface area contributed by atoms with Crippen LogP contribution in [0.2, 0.25) is 0 Å². The first-order chi connectivity index (χ1) is 11.4. The van der Waals surface area contributed by atoms with E-state index in [1.807, 2.05) is 54.6 Å². The molecule has 0 fully saturated rings. The Kier molecular flexibility index (Phi) is 5.19. The molecule has 0 amide bonds. The molecule has 2 N–H and O–H groups in total. The van der Waals surface area contributed by atoms with Crippen molar-refractivity contribution < 1.29 is 9.63 Å². The van der Waals surface area contributed by atoms with Gasteiger partial charge < -0.3 is 14.9 Å². The van der Waals surface area contributed by atoms with Crippen LogP contribution in [0.5, 0.6) is 0 Å². The largest absolute Gasteiger partial charge is 0.396 e. The second-order valence-corrected chi connectivity index (χ2v) is 5.40. The molecule has 1 atom stereocenters. The van der Waals surface area contributed by atoms with Gasteiger partial charge in [0, 0.05) is 24.3 Å². The van der Waals surface area contributed by atoms with E-state index in [1.165, 1.54) is 0 Å². The first kappa shape index (κ1) is 15.5. The summed E-state index contributed by atoms with van der Waals surface area (Å²) in [5, 5.41) is 16.8. The SMILES string of the molecule is OCCC(NCc1cc(-c2ccccc2)no1)c1ccccc1. The summed E-state index contributed by atoms with van der Waals surface area (Å²) in [7, 11) is 0. The number of hydrogen-bond donors (Lipinski definition) is 2. The molecule has 0 aliphatic heterocycles. The van der Waals surface area contributed by atoms with E-state index < -0.39 is 0 Å². The summed E-state index contributed by atoms with van der Waals surface area (Å²) >= 11 is 0. The van der Waals surface area contributed by atoms with Crippen molar-refractivity contribution >= 4 is 0 Å². The van der Waals surface area contributed by atoms with Crippen LogP contribution in [0.4, 0.5) is 0 Å². The minimum Gasteiger partial charge on any atom is -0.396 e. The van der Waals surface area contributed by atoms with Crippen LogP contribution >= 0.6 is 0 Å². The van der Waals surface area contributed by atoms with Crippen LogP contribution in [0.15, 0.2) is 71.3 Å². The molecule has 0 saturated carbocycles. The lowest BCUT2D eigenvalue weighted by molar-refractivity contribution is 0.261. The summed E-state index contributed by atoms with van der Waals surface area (Å²) in [4.78, 5) is 0. The summed E-state index contributed by atoms with van der Waals surface area (Å²) in [6.45, 7) is 0.706. The Bertz CT molecular complexity index is 711. The molecule has 0 bridgehead atoms. The Morgan fingerprint density at radius 3 is 2.39 bits per heavy atom. The van der Waals surface area contributed by atoms with Gasteiger partial charge in [0.1, 0.15) is 5.69 Å². The maximum Gasteiger partial charge on any atom is 0.151 e. The molecular weight excluding hydrogens is 288 g/mol. The lowest BCUT2D eigenvalue weighted by atomic mass is 10.0. The third kappa shape index (κ3) is 4.06. The zero-order valence-electron chi connectivity index (χ0n) is 12.9. The average Bonchev–Trinajstić information content (AvgIpc) is 3.09. The van der Waals surface area contributed by atoms with Gasteiger partial charge in [0.25, 0.3) is 0 Å². The van der Waals surface area contributed by atoms with E-state index >= 15 is 0 Å². The van der Waals surface area contributed by atoms with Gasteiger partial charge in [-0.2, -0.15) is 0 Å². The van der Waals surface area contributed by atoms with Crippen molar-refractivity contribution in [1.29, 1.82) is 0 Å². The molecule has 1 heterocycles. The number of aromatic nitrogens is 1. The van der Waals surface area contributed by atoms with E-state index in [-0.39, 0.29) is 12.6 Å². The number of aliphatic hydroxyl groups excluding tert-OH is 1. The van der Waals surface area contributed by atoms with Gasteiger partial charge in [0.15, 0.2) is 5.76 Å². The standard InChI is InChI=1S/C19H20N2O2/c22-12-11-18(15-7-3-1-4-8-15)20-14-17-13-19(21-23-17)16-9-5-2-6-10-16/h1-10,13,18,20,22H,11-12,14H2. The summed E-state index contributed by atoms with van der Waals surface area (Å²) in [5.74, 6) is 0.780. The summed E-state index contributed by atoms with van der Waals surface area (Å²) in [6, 6.07) is 22.1. The van der Waals surface area contributed by atoms with Gasteiger partial charge in [-0.25, -0.2) is 0 Å². The van der Waals surface area contributed by atoms with Crippen LogP contribution in [0, 0.1) is 0 Å².